The van der Waals surface area contributed by atoms with Gasteiger partial charge in [0, 0.05) is 23.2 Å². The zero-order valence-electron chi connectivity index (χ0n) is 17.1. The Bertz CT molecular complexity index is 823. The number of amides is 2. The second-order valence-electron chi connectivity index (χ2n) is 7.52. The molecule has 0 atom stereocenters. The van der Waals surface area contributed by atoms with Gasteiger partial charge in [0.05, 0.1) is 14.2 Å². The van der Waals surface area contributed by atoms with E-state index in [1.54, 1.807) is 38.5 Å². The summed E-state index contributed by atoms with van der Waals surface area (Å²) in [6, 6.07) is 12.5. The molecule has 2 aromatic carbocycles. The van der Waals surface area contributed by atoms with Crippen molar-refractivity contribution >= 4 is 17.5 Å². The smallest absolute Gasteiger partial charge is 0.251 e. The topological polar surface area (TPSA) is 76.7 Å². The average molecular weight is 384 g/mol. The van der Waals surface area contributed by atoms with E-state index < -0.39 is 0 Å². The molecule has 0 aromatic heterocycles. The molecule has 28 heavy (non-hydrogen) atoms. The van der Waals surface area contributed by atoms with Gasteiger partial charge in [-0.05, 0) is 69.2 Å². The molecule has 0 bridgehead atoms. The van der Waals surface area contributed by atoms with E-state index in [2.05, 4.69) is 10.6 Å². The number of aryl methyl sites for hydroxylation is 1. The van der Waals surface area contributed by atoms with E-state index in [-0.39, 0.29) is 17.4 Å². The van der Waals surface area contributed by atoms with Crippen molar-refractivity contribution in [1.82, 2.24) is 5.32 Å². The summed E-state index contributed by atoms with van der Waals surface area (Å²) in [6.07, 6.45) is 0.917. The van der Waals surface area contributed by atoms with E-state index in [0.717, 1.165) is 5.56 Å². The van der Waals surface area contributed by atoms with Crippen molar-refractivity contribution in [3.8, 4) is 11.5 Å². The maximum atomic E-state index is 12.2. The number of rotatable bonds is 7. The average Bonchev–Trinajstić information content (AvgIpc) is 2.65. The first-order valence-electron chi connectivity index (χ1n) is 9.15. The van der Waals surface area contributed by atoms with E-state index in [1.807, 2.05) is 39.0 Å². The minimum atomic E-state index is -0.298. The van der Waals surface area contributed by atoms with Crippen molar-refractivity contribution < 1.29 is 19.1 Å². The minimum absolute atomic E-state index is 0.0957. The molecule has 2 amide bonds. The lowest BCUT2D eigenvalue weighted by atomic mass is 10.1. The van der Waals surface area contributed by atoms with E-state index >= 15 is 0 Å². The van der Waals surface area contributed by atoms with Crippen LogP contribution < -0.4 is 20.1 Å². The van der Waals surface area contributed by atoms with Crippen LogP contribution in [0.3, 0.4) is 0 Å². The molecule has 150 valence electrons. The minimum Gasteiger partial charge on any atom is -0.493 e. The summed E-state index contributed by atoms with van der Waals surface area (Å²) < 4.78 is 10.5. The van der Waals surface area contributed by atoms with E-state index in [1.165, 1.54) is 0 Å². The van der Waals surface area contributed by atoms with Crippen LogP contribution in [0, 0.1) is 0 Å². The Hall–Kier alpha value is -3.02. The number of methoxy groups -OCH3 is 2. The second kappa shape index (κ2) is 9.26. The van der Waals surface area contributed by atoms with Gasteiger partial charge in [-0.2, -0.15) is 0 Å². The molecule has 0 unspecified atom stereocenters. The third-order valence-corrected chi connectivity index (χ3v) is 4.01. The van der Waals surface area contributed by atoms with Gasteiger partial charge < -0.3 is 20.1 Å². The molecule has 0 aliphatic rings. The fourth-order valence-electron chi connectivity index (χ4n) is 2.64. The number of carbonyl (C=O) groups is 2. The van der Waals surface area contributed by atoms with Crippen LogP contribution in [0.1, 0.15) is 43.1 Å². The number of nitrogens with one attached hydrogen (secondary N) is 2. The quantitative estimate of drug-likeness (QED) is 0.761. The normalized spacial score (nSPS) is 10.9. The van der Waals surface area contributed by atoms with Crippen LogP contribution in [0.5, 0.6) is 11.5 Å². The summed E-state index contributed by atoms with van der Waals surface area (Å²) in [6.45, 7) is 5.79. The zero-order chi connectivity index (χ0) is 20.7. The van der Waals surface area contributed by atoms with Gasteiger partial charge in [0.25, 0.3) is 5.91 Å². The number of anilines is 1. The van der Waals surface area contributed by atoms with Crippen LogP contribution in [0.2, 0.25) is 0 Å². The summed E-state index contributed by atoms with van der Waals surface area (Å²) in [7, 11) is 3.17. The standard InChI is InChI=1S/C22H28N2O4/c1-22(2,3)24-21(26)16-8-10-17(11-9-16)23-20(25)13-7-15-6-12-18(27-4)19(14-15)28-5/h6,8-12,14H,7,13H2,1-5H3,(H,23,25)(H,24,26). The summed E-state index contributed by atoms with van der Waals surface area (Å²) in [4.78, 5) is 24.4. The number of ether oxygens (including phenoxy) is 2. The van der Waals surface area contributed by atoms with Gasteiger partial charge in [-0.25, -0.2) is 0 Å². The molecule has 6 heteroatoms. The van der Waals surface area contributed by atoms with Gasteiger partial charge >= 0.3 is 0 Å². The van der Waals surface area contributed by atoms with Crippen LogP contribution in [-0.4, -0.2) is 31.6 Å². The van der Waals surface area contributed by atoms with Crippen molar-refractivity contribution in [2.75, 3.05) is 19.5 Å². The molecule has 2 aromatic rings. The van der Waals surface area contributed by atoms with Gasteiger partial charge in [-0.15, -0.1) is 0 Å². The van der Waals surface area contributed by atoms with Gasteiger partial charge in [0.2, 0.25) is 5.91 Å². The van der Waals surface area contributed by atoms with Crippen molar-refractivity contribution in [3.63, 3.8) is 0 Å². The summed E-state index contributed by atoms with van der Waals surface area (Å²) in [5.74, 6) is 1.07. The highest BCUT2D eigenvalue weighted by atomic mass is 16.5. The lowest BCUT2D eigenvalue weighted by Crippen LogP contribution is -2.40. The second-order valence-corrected chi connectivity index (χ2v) is 7.52. The van der Waals surface area contributed by atoms with Gasteiger partial charge in [-0.3, -0.25) is 9.59 Å². The van der Waals surface area contributed by atoms with Crippen LogP contribution in [-0.2, 0) is 11.2 Å². The SMILES string of the molecule is COc1ccc(CCC(=O)Nc2ccc(C(=O)NC(C)(C)C)cc2)cc1OC. The van der Waals surface area contributed by atoms with Gasteiger partial charge in [0.15, 0.2) is 11.5 Å². The first-order valence-corrected chi connectivity index (χ1v) is 9.15. The monoisotopic (exact) mass is 384 g/mol. The largest absolute Gasteiger partial charge is 0.493 e. The molecule has 0 heterocycles. The zero-order valence-corrected chi connectivity index (χ0v) is 17.1. The number of carbonyl (C=O) groups excluding carboxylic acids is 2. The molecule has 2 rings (SSSR count). The molecule has 0 fully saturated rings. The molecule has 2 N–H and O–H groups in total. The van der Waals surface area contributed by atoms with Gasteiger partial charge in [-0.1, -0.05) is 6.07 Å². The third kappa shape index (κ3) is 6.30. The Morgan fingerprint density at radius 3 is 2.14 bits per heavy atom. The van der Waals surface area contributed by atoms with Crippen LogP contribution >= 0.6 is 0 Å². The Balaban J connectivity index is 1.90. The van der Waals surface area contributed by atoms with Crippen molar-refractivity contribution in [3.05, 3.63) is 53.6 Å². The first kappa shape index (κ1) is 21.3. The lowest BCUT2D eigenvalue weighted by Gasteiger charge is -2.20. The third-order valence-electron chi connectivity index (χ3n) is 4.01. The van der Waals surface area contributed by atoms with E-state index in [9.17, 15) is 9.59 Å². The van der Waals surface area contributed by atoms with Crippen molar-refractivity contribution in [2.24, 2.45) is 0 Å². The highest BCUT2D eigenvalue weighted by Gasteiger charge is 2.15. The Kier molecular flexibility index (Phi) is 7.04. The van der Waals surface area contributed by atoms with Gasteiger partial charge in [0.1, 0.15) is 0 Å². The molecule has 0 aliphatic carbocycles. The lowest BCUT2D eigenvalue weighted by molar-refractivity contribution is -0.116. The van der Waals surface area contributed by atoms with Crippen LogP contribution in [0.4, 0.5) is 5.69 Å². The van der Waals surface area contributed by atoms with Crippen molar-refractivity contribution in [1.29, 1.82) is 0 Å². The Labute approximate surface area is 166 Å². The fourth-order valence-corrected chi connectivity index (χ4v) is 2.64. The van der Waals surface area contributed by atoms with Crippen LogP contribution in [0.25, 0.3) is 0 Å². The van der Waals surface area contributed by atoms with Crippen LogP contribution in [0.15, 0.2) is 42.5 Å². The predicted molar refractivity (Wildman–Crippen MR) is 110 cm³/mol. The summed E-state index contributed by atoms with van der Waals surface area (Å²) >= 11 is 0. The molecule has 0 saturated heterocycles. The fraction of sp³-hybridized carbons (Fsp3) is 0.364. The number of hydrogen-bond donors (Lipinski definition) is 2. The number of hydrogen-bond acceptors (Lipinski definition) is 4. The highest BCUT2D eigenvalue weighted by Crippen LogP contribution is 2.28. The molecule has 6 nitrogen and oxygen atoms in total. The molecule has 0 aliphatic heterocycles. The summed E-state index contributed by atoms with van der Waals surface area (Å²) in [5, 5.41) is 5.76. The molecule has 0 radical (unpaired) electrons. The summed E-state index contributed by atoms with van der Waals surface area (Å²) in [5.41, 5.74) is 1.90. The first-order chi connectivity index (χ1) is 13.2. The predicted octanol–water partition coefficient (Wildman–Crippen LogP) is 3.80. The molecular formula is C22H28N2O4. The Morgan fingerprint density at radius 1 is 0.929 bits per heavy atom. The highest BCUT2D eigenvalue weighted by molar-refractivity contribution is 5.96. The Morgan fingerprint density at radius 2 is 1.57 bits per heavy atom. The molecular weight excluding hydrogens is 356 g/mol. The maximum Gasteiger partial charge on any atom is 0.251 e. The molecule has 0 spiro atoms. The maximum absolute atomic E-state index is 12.2. The van der Waals surface area contributed by atoms with E-state index in [4.69, 9.17) is 9.47 Å². The molecule has 0 saturated carbocycles. The van der Waals surface area contributed by atoms with E-state index in [0.29, 0.717) is 35.6 Å². The van der Waals surface area contributed by atoms with Crippen molar-refractivity contribution in [2.45, 2.75) is 39.2 Å². The number of benzene rings is 2.